The molecule has 0 spiro atoms. The minimum Gasteiger partial charge on any atom is -0.376 e. The number of hydrogen-bond donors (Lipinski definition) is 1. The highest BCUT2D eigenvalue weighted by Crippen LogP contribution is 2.23. The number of amides is 1. The van der Waals surface area contributed by atoms with Crippen LogP contribution in [0.3, 0.4) is 0 Å². The highest BCUT2D eigenvalue weighted by atomic mass is 19.1. The van der Waals surface area contributed by atoms with E-state index < -0.39 is 0 Å². The molecule has 4 rings (SSSR count). The Kier molecular flexibility index (Phi) is 5.87. The first kappa shape index (κ1) is 19.2. The van der Waals surface area contributed by atoms with Crippen LogP contribution in [0.15, 0.2) is 48.8 Å². The van der Waals surface area contributed by atoms with E-state index in [0.717, 1.165) is 0 Å². The second kappa shape index (κ2) is 8.89. The van der Waals surface area contributed by atoms with E-state index >= 15 is 0 Å². The maximum atomic E-state index is 14.1. The molecule has 9 heteroatoms. The molecule has 2 aromatic heterocycles. The van der Waals surface area contributed by atoms with Gasteiger partial charge in [-0.25, -0.2) is 9.07 Å². The summed E-state index contributed by atoms with van der Waals surface area (Å²) in [6.45, 7) is 1.93. The summed E-state index contributed by atoms with van der Waals surface area (Å²) in [7, 11) is 0. The summed E-state index contributed by atoms with van der Waals surface area (Å²) in [6.07, 6.45) is 3.03. The van der Waals surface area contributed by atoms with Gasteiger partial charge >= 0.3 is 0 Å². The summed E-state index contributed by atoms with van der Waals surface area (Å²) in [5.74, 6) is -0.727. The molecule has 1 amide bonds. The highest BCUT2D eigenvalue weighted by molar-refractivity contribution is 5.98. The Balaban J connectivity index is 1.60. The normalized spacial score (nSPS) is 16.5. The van der Waals surface area contributed by atoms with Gasteiger partial charge in [-0.2, -0.15) is 0 Å². The number of ether oxygens (including phenoxy) is 2. The van der Waals surface area contributed by atoms with Crippen molar-refractivity contribution in [2.75, 3.05) is 26.4 Å². The van der Waals surface area contributed by atoms with Crippen molar-refractivity contribution in [1.82, 2.24) is 25.3 Å². The Bertz CT molecular complexity index is 973. The first-order valence-electron chi connectivity index (χ1n) is 9.27. The standard InChI is InChI=1S/C20H20FN5O3/c21-17-4-2-1-3-15(17)12-26-19(14-5-7-22-8-6-14)18(24-25-26)20(27)23-11-16-13-28-9-10-29-16/h1-8,16H,9-13H2,(H,23,27)/t16-/m0/s1. The van der Waals surface area contributed by atoms with Gasteiger partial charge in [0.1, 0.15) is 11.5 Å². The van der Waals surface area contributed by atoms with E-state index in [1.54, 1.807) is 42.7 Å². The first-order valence-corrected chi connectivity index (χ1v) is 9.27. The minimum atomic E-state index is -0.384. The third-order valence-corrected chi connectivity index (χ3v) is 4.56. The average Bonchev–Trinajstić information content (AvgIpc) is 3.19. The van der Waals surface area contributed by atoms with E-state index in [2.05, 4.69) is 20.6 Å². The maximum absolute atomic E-state index is 14.1. The molecule has 1 saturated heterocycles. The third-order valence-electron chi connectivity index (χ3n) is 4.56. The number of pyridine rings is 1. The number of carbonyl (C=O) groups excluding carboxylic acids is 1. The molecular formula is C20H20FN5O3. The van der Waals surface area contributed by atoms with E-state index in [1.807, 2.05) is 0 Å². The molecule has 8 nitrogen and oxygen atoms in total. The molecule has 1 atom stereocenters. The lowest BCUT2D eigenvalue weighted by molar-refractivity contribution is -0.0855. The zero-order valence-corrected chi connectivity index (χ0v) is 15.6. The topological polar surface area (TPSA) is 91.2 Å². The molecule has 29 heavy (non-hydrogen) atoms. The number of aromatic nitrogens is 4. The molecule has 0 bridgehead atoms. The van der Waals surface area contributed by atoms with Crippen LogP contribution in [0.1, 0.15) is 16.1 Å². The van der Waals surface area contributed by atoms with Gasteiger partial charge in [-0.15, -0.1) is 5.10 Å². The molecule has 1 N–H and O–H groups in total. The zero-order chi connectivity index (χ0) is 20.1. The SMILES string of the molecule is O=C(NC[C@H]1COCCO1)c1nnn(Cc2ccccc2F)c1-c1ccncc1. The van der Waals surface area contributed by atoms with Crippen LogP contribution in [-0.2, 0) is 16.0 Å². The lowest BCUT2D eigenvalue weighted by Gasteiger charge is -2.22. The van der Waals surface area contributed by atoms with Crippen molar-refractivity contribution < 1.29 is 18.7 Å². The van der Waals surface area contributed by atoms with Crippen molar-refractivity contribution in [2.45, 2.75) is 12.6 Å². The van der Waals surface area contributed by atoms with Crippen LogP contribution >= 0.6 is 0 Å². The predicted octanol–water partition coefficient (Wildman–Crippen LogP) is 1.67. The summed E-state index contributed by atoms with van der Waals surface area (Å²) in [6, 6.07) is 9.95. The van der Waals surface area contributed by atoms with Gasteiger partial charge in [0.2, 0.25) is 0 Å². The number of halogens is 1. The first-order chi connectivity index (χ1) is 14.2. The molecule has 1 aromatic carbocycles. The molecule has 0 radical (unpaired) electrons. The van der Waals surface area contributed by atoms with E-state index in [0.29, 0.717) is 43.2 Å². The van der Waals surface area contributed by atoms with Crippen LogP contribution in [0, 0.1) is 5.82 Å². The zero-order valence-electron chi connectivity index (χ0n) is 15.6. The van der Waals surface area contributed by atoms with Gasteiger partial charge in [0, 0.05) is 30.1 Å². The minimum absolute atomic E-state index is 0.143. The largest absolute Gasteiger partial charge is 0.376 e. The fourth-order valence-electron chi connectivity index (χ4n) is 3.10. The van der Waals surface area contributed by atoms with Crippen LogP contribution in [-0.4, -0.2) is 58.4 Å². The monoisotopic (exact) mass is 397 g/mol. The van der Waals surface area contributed by atoms with Crippen LogP contribution in [0.2, 0.25) is 0 Å². The average molecular weight is 397 g/mol. The number of nitrogens with zero attached hydrogens (tertiary/aromatic N) is 4. The molecule has 3 aromatic rings. The van der Waals surface area contributed by atoms with Gasteiger partial charge in [-0.05, 0) is 18.2 Å². The molecule has 0 aliphatic carbocycles. The number of rotatable bonds is 6. The van der Waals surface area contributed by atoms with E-state index in [9.17, 15) is 9.18 Å². The Morgan fingerprint density at radius 1 is 1.21 bits per heavy atom. The summed E-state index contributed by atoms with van der Waals surface area (Å²) < 4.78 is 26.5. The Morgan fingerprint density at radius 2 is 2.03 bits per heavy atom. The van der Waals surface area contributed by atoms with Crippen molar-refractivity contribution in [2.24, 2.45) is 0 Å². The summed E-state index contributed by atoms with van der Waals surface area (Å²) in [5, 5.41) is 11.0. The maximum Gasteiger partial charge on any atom is 0.274 e. The van der Waals surface area contributed by atoms with Crippen molar-refractivity contribution in [1.29, 1.82) is 0 Å². The van der Waals surface area contributed by atoms with Crippen LogP contribution < -0.4 is 5.32 Å². The quantitative estimate of drug-likeness (QED) is 0.681. The number of carbonyl (C=O) groups is 1. The molecule has 1 aliphatic rings. The Labute approximate surface area is 166 Å². The van der Waals surface area contributed by atoms with E-state index in [1.165, 1.54) is 10.7 Å². The van der Waals surface area contributed by atoms with Crippen molar-refractivity contribution >= 4 is 5.91 Å². The molecular weight excluding hydrogens is 377 g/mol. The molecule has 3 heterocycles. The second-order valence-electron chi connectivity index (χ2n) is 6.55. The molecule has 150 valence electrons. The van der Waals surface area contributed by atoms with E-state index in [4.69, 9.17) is 9.47 Å². The smallest absolute Gasteiger partial charge is 0.274 e. The van der Waals surface area contributed by atoms with Gasteiger partial charge in [-0.3, -0.25) is 9.78 Å². The van der Waals surface area contributed by atoms with Crippen LogP contribution in [0.4, 0.5) is 4.39 Å². The Hall–Kier alpha value is -3.17. The molecule has 1 aliphatic heterocycles. The highest BCUT2D eigenvalue weighted by Gasteiger charge is 2.23. The number of hydrogen-bond acceptors (Lipinski definition) is 6. The van der Waals surface area contributed by atoms with Gasteiger partial charge in [0.15, 0.2) is 5.69 Å². The van der Waals surface area contributed by atoms with Crippen molar-refractivity contribution in [3.05, 3.63) is 65.9 Å². The predicted molar refractivity (Wildman–Crippen MR) is 102 cm³/mol. The van der Waals surface area contributed by atoms with Gasteiger partial charge in [0.25, 0.3) is 5.91 Å². The number of benzene rings is 1. The summed E-state index contributed by atoms with van der Waals surface area (Å²) in [5.41, 5.74) is 1.81. The van der Waals surface area contributed by atoms with Crippen LogP contribution in [0.5, 0.6) is 0 Å². The fraction of sp³-hybridized carbons (Fsp3) is 0.300. The lowest BCUT2D eigenvalue weighted by atomic mass is 10.1. The summed E-state index contributed by atoms with van der Waals surface area (Å²) in [4.78, 5) is 16.8. The van der Waals surface area contributed by atoms with Gasteiger partial charge in [0.05, 0.1) is 32.5 Å². The van der Waals surface area contributed by atoms with Gasteiger partial charge in [-0.1, -0.05) is 23.4 Å². The van der Waals surface area contributed by atoms with Gasteiger partial charge < -0.3 is 14.8 Å². The van der Waals surface area contributed by atoms with Crippen LogP contribution in [0.25, 0.3) is 11.3 Å². The Morgan fingerprint density at radius 3 is 2.79 bits per heavy atom. The van der Waals surface area contributed by atoms with E-state index in [-0.39, 0.29) is 30.1 Å². The lowest BCUT2D eigenvalue weighted by Crippen LogP contribution is -2.40. The number of nitrogens with one attached hydrogen (secondary N) is 1. The van der Waals surface area contributed by atoms with Crippen molar-refractivity contribution in [3.8, 4) is 11.3 Å². The second-order valence-corrected chi connectivity index (χ2v) is 6.55. The summed E-state index contributed by atoms with van der Waals surface area (Å²) >= 11 is 0. The molecule has 1 fully saturated rings. The fourth-order valence-corrected chi connectivity index (χ4v) is 3.10. The van der Waals surface area contributed by atoms with Crippen molar-refractivity contribution in [3.63, 3.8) is 0 Å². The molecule has 0 saturated carbocycles. The molecule has 0 unspecified atom stereocenters. The third kappa shape index (κ3) is 4.47.